The van der Waals surface area contributed by atoms with Crippen LogP contribution in [0.15, 0.2) is 79.0 Å². The van der Waals surface area contributed by atoms with E-state index in [4.69, 9.17) is 12.6 Å². The fourth-order valence-electron chi connectivity index (χ4n) is 3.68. The monoisotopic (exact) mass is 451 g/mol. The van der Waals surface area contributed by atoms with Crippen LogP contribution in [0.4, 0.5) is 15.8 Å². The molecule has 1 aromatic heterocycles. The van der Waals surface area contributed by atoms with E-state index in [0.29, 0.717) is 41.2 Å². The van der Waals surface area contributed by atoms with E-state index in [-0.39, 0.29) is 5.91 Å². The molecule has 5 rings (SSSR count). The molecule has 2 amide bonds. The standard InChI is InChI=1S/C26H19BFN3O3/c27-16-1-10-21-22(15-16)29-14-11-23(21)34-20-8-6-19(7-9-20)31-25(33)26(12-13-26)24(32)30-18-4-2-17(28)3-5-18/h1-11,14-15H,12-13H2,(H,30,32)(H,31,33). The molecule has 2 N–H and O–H groups in total. The second-order valence-electron chi connectivity index (χ2n) is 8.21. The fraction of sp³-hybridized carbons (Fsp3) is 0.115. The molecule has 1 aliphatic carbocycles. The third kappa shape index (κ3) is 4.35. The van der Waals surface area contributed by atoms with E-state index in [1.165, 1.54) is 24.3 Å². The van der Waals surface area contributed by atoms with Crippen molar-refractivity contribution in [2.24, 2.45) is 5.41 Å². The molecule has 0 unspecified atom stereocenters. The molecule has 4 aromatic rings. The predicted octanol–water partition coefficient (Wildman–Crippen LogP) is 4.32. The first-order valence-corrected chi connectivity index (χ1v) is 10.7. The lowest BCUT2D eigenvalue weighted by atomic mass is 9.95. The maximum absolute atomic E-state index is 13.1. The number of hydrogen-bond donors (Lipinski definition) is 2. The fourth-order valence-corrected chi connectivity index (χ4v) is 3.68. The van der Waals surface area contributed by atoms with Gasteiger partial charge in [0.15, 0.2) is 0 Å². The number of ether oxygens (including phenoxy) is 1. The number of halogens is 1. The molecule has 3 aromatic carbocycles. The normalized spacial score (nSPS) is 13.8. The average molecular weight is 451 g/mol. The first-order chi connectivity index (χ1) is 16.4. The maximum atomic E-state index is 13.1. The zero-order valence-corrected chi connectivity index (χ0v) is 18.0. The highest BCUT2D eigenvalue weighted by Crippen LogP contribution is 2.47. The summed E-state index contributed by atoms with van der Waals surface area (Å²) in [5, 5.41) is 6.33. The number of nitrogens with zero attached hydrogens (tertiary/aromatic N) is 1. The minimum atomic E-state index is -1.12. The quantitative estimate of drug-likeness (QED) is 0.338. The summed E-state index contributed by atoms with van der Waals surface area (Å²) in [6.07, 6.45) is 2.55. The number of carbonyl (C=O) groups excluding carboxylic acids is 2. The highest BCUT2D eigenvalue weighted by Gasteiger charge is 2.56. The molecule has 8 heteroatoms. The lowest BCUT2D eigenvalue weighted by molar-refractivity contribution is -0.131. The number of nitrogens with one attached hydrogen (secondary N) is 2. The van der Waals surface area contributed by atoms with Crippen LogP contribution >= 0.6 is 0 Å². The molecule has 166 valence electrons. The van der Waals surface area contributed by atoms with Crippen molar-refractivity contribution in [3.05, 3.63) is 84.8 Å². The van der Waals surface area contributed by atoms with Gasteiger partial charge in [0.2, 0.25) is 11.8 Å². The van der Waals surface area contributed by atoms with Gasteiger partial charge in [-0.3, -0.25) is 14.6 Å². The van der Waals surface area contributed by atoms with Crippen molar-refractivity contribution in [2.45, 2.75) is 12.8 Å². The molecule has 0 bridgehead atoms. The predicted molar refractivity (Wildman–Crippen MR) is 129 cm³/mol. The Morgan fingerprint density at radius 3 is 2.12 bits per heavy atom. The minimum Gasteiger partial charge on any atom is -0.457 e. The van der Waals surface area contributed by atoms with Crippen molar-refractivity contribution in [3.8, 4) is 11.5 Å². The largest absolute Gasteiger partial charge is 0.457 e. The van der Waals surface area contributed by atoms with Crippen LogP contribution in [0.25, 0.3) is 10.9 Å². The van der Waals surface area contributed by atoms with Gasteiger partial charge in [0.05, 0.1) is 5.52 Å². The van der Waals surface area contributed by atoms with Crippen molar-refractivity contribution < 1.29 is 18.7 Å². The molecule has 0 spiro atoms. The number of hydrogen-bond acceptors (Lipinski definition) is 4. The molecule has 1 heterocycles. The number of aromatic nitrogens is 1. The van der Waals surface area contributed by atoms with E-state index in [2.05, 4.69) is 15.6 Å². The smallest absolute Gasteiger partial charge is 0.240 e. The SMILES string of the molecule is [B]c1ccc2c(Oc3ccc(NC(=O)C4(C(=O)Nc5ccc(F)cc5)CC4)cc3)ccnc2c1. The minimum absolute atomic E-state index is 0.376. The maximum Gasteiger partial charge on any atom is 0.240 e. The summed E-state index contributed by atoms with van der Waals surface area (Å²) < 4.78 is 19.1. The first kappa shape index (κ1) is 21.6. The number of fused-ring (bicyclic) bond motifs is 1. The molecule has 1 fully saturated rings. The van der Waals surface area contributed by atoms with Crippen LogP contribution in [0.1, 0.15) is 12.8 Å². The lowest BCUT2D eigenvalue weighted by Crippen LogP contribution is -2.35. The number of pyridine rings is 1. The summed E-state index contributed by atoms with van der Waals surface area (Å²) in [4.78, 5) is 29.9. The summed E-state index contributed by atoms with van der Waals surface area (Å²) in [5.41, 5.74) is 1.22. The number of carbonyl (C=O) groups is 2. The molecule has 2 radical (unpaired) electrons. The third-order valence-electron chi connectivity index (χ3n) is 5.79. The Kier molecular flexibility index (Phi) is 5.49. The molecule has 6 nitrogen and oxygen atoms in total. The van der Waals surface area contributed by atoms with Gasteiger partial charge in [0.25, 0.3) is 0 Å². The topological polar surface area (TPSA) is 80.3 Å². The first-order valence-electron chi connectivity index (χ1n) is 10.7. The van der Waals surface area contributed by atoms with Crippen molar-refractivity contribution in [1.82, 2.24) is 4.98 Å². The molecule has 0 atom stereocenters. The highest BCUT2D eigenvalue weighted by atomic mass is 19.1. The van der Waals surface area contributed by atoms with E-state index < -0.39 is 17.1 Å². The zero-order valence-electron chi connectivity index (χ0n) is 18.0. The number of benzene rings is 3. The van der Waals surface area contributed by atoms with E-state index in [1.54, 1.807) is 48.7 Å². The number of anilines is 2. The van der Waals surface area contributed by atoms with E-state index >= 15 is 0 Å². The van der Waals surface area contributed by atoms with Crippen molar-refractivity contribution in [2.75, 3.05) is 10.6 Å². The van der Waals surface area contributed by atoms with E-state index in [1.807, 2.05) is 6.07 Å². The Morgan fingerprint density at radius 2 is 1.50 bits per heavy atom. The van der Waals surface area contributed by atoms with Gasteiger partial charge >= 0.3 is 0 Å². The summed E-state index contributed by atoms with van der Waals surface area (Å²) in [5.74, 6) is 0.0417. The highest BCUT2D eigenvalue weighted by molar-refractivity contribution is 6.33. The van der Waals surface area contributed by atoms with Gasteiger partial charge in [-0.15, -0.1) is 0 Å². The Morgan fingerprint density at radius 1 is 0.882 bits per heavy atom. The van der Waals surface area contributed by atoms with E-state index in [0.717, 1.165) is 10.9 Å². The van der Waals surface area contributed by atoms with Gasteiger partial charge in [-0.05, 0) is 79.6 Å². The van der Waals surface area contributed by atoms with Gasteiger partial charge in [0.1, 0.15) is 30.6 Å². The Bertz CT molecular complexity index is 1390. The molecule has 1 aliphatic rings. The molecule has 0 aliphatic heterocycles. The van der Waals surface area contributed by atoms with Gasteiger partial charge < -0.3 is 15.4 Å². The van der Waals surface area contributed by atoms with Crippen LogP contribution in [0.3, 0.4) is 0 Å². The van der Waals surface area contributed by atoms with Crippen LogP contribution < -0.4 is 20.8 Å². The molecule has 34 heavy (non-hydrogen) atoms. The second-order valence-corrected chi connectivity index (χ2v) is 8.21. The van der Waals surface area contributed by atoms with Crippen molar-refractivity contribution in [1.29, 1.82) is 0 Å². The lowest BCUT2D eigenvalue weighted by Gasteiger charge is -2.16. The van der Waals surface area contributed by atoms with Crippen LogP contribution in [-0.4, -0.2) is 24.6 Å². The Hall–Kier alpha value is -4.20. The summed E-state index contributed by atoms with van der Waals surface area (Å²) >= 11 is 0. The molecular formula is C26H19BFN3O3. The number of amides is 2. The zero-order chi connectivity index (χ0) is 23.7. The van der Waals surface area contributed by atoms with Crippen molar-refractivity contribution >= 4 is 47.4 Å². The Labute approximate surface area is 196 Å². The summed E-state index contributed by atoms with van der Waals surface area (Å²) in [7, 11) is 5.83. The third-order valence-corrected chi connectivity index (χ3v) is 5.79. The number of rotatable bonds is 6. The summed E-state index contributed by atoms with van der Waals surface area (Å²) in [6.45, 7) is 0. The van der Waals surface area contributed by atoms with E-state index in [9.17, 15) is 14.0 Å². The van der Waals surface area contributed by atoms with Crippen molar-refractivity contribution in [3.63, 3.8) is 0 Å². The van der Waals surface area contributed by atoms with Crippen LogP contribution in [-0.2, 0) is 9.59 Å². The molecule has 1 saturated carbocycles. The van der Waals surface area contributed by atoms with Crippen LogP contribution in [0.5, 0.6) is 11.5 Å². The van der Waals surface area contributed by atoms with Gasteiger partial charge in [-0.1, -0.05) is 11.5 Å². The molecule has 0 saturated heterocycles. The average Bonchev–Trinajstić information content (AvgIpc) is 3.64. The van der Waals surface area contributed by atoms with Gasteiger partial charge in [-0.2, -0.15) is 0 Å². The van der Waals surface area contributed by atoms with Gasteiger partial charge in [0, 0.05) is 23.0 Å². The molecular weight excluding hydrogens is 432 g/mol. The Balaban J connectivity index is 1.25. The van der Waals surface area contributed by atoms with Crippen LogP contribution in [0.2, 0.25) is 0 Å². The van der Waals surface area contributed by atoms with Gasteiger partial charge in [-0.25, -0.2) is 4.39 Å². The second kappa shape index (κ2) is 8.63. The summed E-state index contributed by atoms with van der Waals surface area (Å²) in [6, 6.07) is 19.5. The van der Waals surface area contributed by atoms with Crippen LogP contribution in [0, 0.1) is 11.2 Å².